The lowest BCUT2D eigenvalue weighted by Crippen LogP contribution is -2.48. The number of carbonyl (C=O) groups excluding carboxylic acids is 1. The zero-order valence-electron chi connectivity index (χ0n) is 18.3. The Bertz CT molecular complexity index is 998. The zero-order chi connectivity index (χ0) is 23.5. The van der Waals surface area contributed by atoms with Gasteiger partial charge in [0, 0.05) is 13.5 Å². The van der Waals surface area contributed by atoms with Gasteiger partial charge in [-0.25, -0.2) is 14.3 Å². The Kier molecular flexibility index (Phi) is 6.85. The second-order valence-corrected chi connectivity index (χ2v) is 8.02. The van der Waals surface area contributed by atoms with E-state index in [1.54, 1.807) is 23.6 Å². The summed E-state index contributed by atoms with van der Waals surface area (Å²) < 4.78 is 28.5. The molecule has 174 valence electrons. The van der Waals surface area contributed by atoms with E-state index < -0.39 is 42.5 Å². The fourth-order valence-corrected chi connectivity index (χ4v) is 3.54. The van der Waals surface area contributed by atoms with Crippen LogP contribution in [0.15, 0.2) is 18.5 Å². The van der Waals surface area contributed by atoms with E-state index in [9.17, 15) is 15.2 Å². The number of aliphatic hydroxyl groups is 1. The molecule has 0 saturated carbocycles. The summed E-state index contributed by atoms with van der Waals surface area (Å²) in [6.07, 6.45) is -1.61. The van der Waals surface area contributed by atoms with Gasteiger partial charge < -0.3 is 34.5 Å². The molecule has 0 aromatic carbocycles. The monoisotopic (exact) mass is 449 g/mol. The molecule has 1 fully saturated rings. The molecule has 0 bridgehead atoms. The average molecular weight is 449 g/mol. The Morgan fingerprint density at radius 2 is 2.28 bits per heavy atom. The number of nitrogens with zero attached hydrogens (tertiary/aromatic N) is 4. The third-order valence-corrected chi connectivity index (χ3v) is 4.86. The van der Waals surface area contributed by atoms with E-state index in [-0.39, 0.29) is 18.8 Å². The summed E-state index contributed by atoms with van der Waals surface area (Å²) in [4.78, 5) is 16.0. The van der Waals surface area contributed by atoms with Crippen molar-refractivity contribution in [3.05, 3.63) is 24.2 Å². The van der Waals surface area contributed by atoms with Crippen molar-refractivity contribution in [3.8, 4) is 6.07 Å². The number of anilines is 1. The topological polar surface area (TPSA) is 163 Å². The molecule has 1 aliphatic heterocycles. The molecule has 3 heterocycles. The van der Waals surface area contributed by atoms with Crippen molar-refractivity contribution < 1.29 is 33.6 Å². The first-order chi connectivity index (χ1) is 15.1. The number of hydrogen-bond donors (Lipinski definition) is 2. The Morgan fingerprint density at radius 3 is 2.94 bits per heavy atom. The molecule has 12 nitrogen and oxygen atoms in total. The van der Waals surface area contributed by atoms with Crippen LogP contribution < -0.4 is 5.73 Å². The average Bonchev–Trinajstić information content (AvgIpc) is 3.28. The van der Waals surface area contributed by atoms with Gasteiger partial charge in [-0.2, -0.15) is 10.4 Å². The highest BCUT2D eigenvalue weighted by atomic mass is 16.7. The molecule has 3 rings (SSSR count). The summed E-state index contributed by atoms with van der Waals surface area (Å²) in [6, 6.07) is 5.54. The lowest BCUT2D eigenvalue weighted by atomic mass is 9.97. The highest BCUT2D eigenvalue weighted by Gasteiger charge is 2.54. The molecule has 1 aliphatic rings. The van der Waals surface area contributed by atoms with Crippen LogP contribution in [0.3, 0.4) is 0 Å². The van der Waals surface area contributed by atoms with Gasteiger partial charge in [-0.1, -0.05) is 0 Å². The molecule has 1 saturated heterocycles. The van der Waals surface area contributed by atoms with Gasteiger partial charge in [-0.3, -0.25) is 0 Å². The van der Waals surface area contributed by atoms with Crippen molar-refractivity contribution >= 4 is 17.5 Å². The van der Waals surface area contributed by atoms with Crippen molar-refractivity contribution in [2.24, 2.45) is 0 Å². The van der Waals surface area contributed by atoms with Crippen LogP contribution >= 0.6 is 0 Å². The smallest absolute Gasteiger partial charge is 0.430 e. The molecule has 4 atom stereocenters. The molecule has 3 N–H and O–H groups in total. The predicted octanol–water partition coefficient (Wildman–Crippen LogP) is 1.34. The van der Waals surface area contributed by atoms with E-state index >= 15 is 0 Å². The Hall–Kier alpha value is -2.98. The zero-order valence-corrected chi connectivity index (χ0v) is 18.3. The molecule has 0 amide bonds. The van der Waals surface area contributed by atoms with Crippen LogP contribution in [0.4, 0.5) is 10.6 Å². The van der Waals surface area contributed by atoms with Gasteiger partial charge in [0.1, 0.15) is 42.8 Å². The summed E-state index contributed by atoms with van der Waals surface area (Å²) in [6.45, 7) is 4.22. The lowest BCUT2D eigenvalue weighted by molar-refractivity contribution is -0.228. The van der Waals surface area contributed by atoms with Crippen LogP contribution in [0, 0.1) is 11.3 Å². The summed E-state index contributed by atoms with van der Waals surface area (Å²) in [5.74, 6) is -1.27. The minimum atomic E-state index is -1.70. The maximum absolute atomic E-state index is 12.1. The second kappa shape index (κ2) is 9.25. The first-order valence-corrected chi connectivity index (χ1v) is 9.98. The van der Waals surface area contributed by atoms with E-state index in [4.69, 9.17) is 29.4 Å². The minimum absolute atomic E-state index is 0.187. The largest absolute Gasteiger partial charge is 0.508 e. The SMILES string of the molecule is COC[C@@H](C)OC(=O)OC[C@@]1(C#N)O[C@@H](c2ccc3c(N)ncnn23)C[C@@H]1OC(C)(C)O. The van der Waals surface area contributed by atoms with E-state index in [0.717, 1.165) is 0 Å². The highest BCUT2D eigenvalue weighted by molar-refractivity contribution is 5.65. The number of nitriles is 1. The van der Waals surface area contributed by atoms with E-state index in [1.807, 2.05) is 0 Å². The number of rotatable bonds is 8. The third kappa shape index (κ3) is 5.08. The molecule has 0 aliphatic carbocycles. The summed E-state index contributed by atoms with van der Waals surface area (Å²) in [5, 5.41) is 24.4. The molecule has 0 radical (unpaired) electrons. The highest BCUT2D eigenvalue weighted by Crippen LogP contribution is 2.43. The van der Waals surface area contributed by atoms with Crippen LogP contribution in [0.5, 0.6) is 0 Å². The van der Waals surface area contributed by atoms with Crippen molar-refractivity contribution in [1.29, 1.82) is 5.26 Å². The van der Waals surface area contributed by atoms with Crippen LogP contribution in [0.1, 0.15) is 39.0 Å². The van der Waals surface area contributed by atoms with Gasteiger partial charge >= 0.3 is 6.16 Å². The molecule has 2 aromatic rings. The Balaban J connectivity index is 1.84. The summed E-state index contributed by atoms with van der Waals surface area (Å²) in [5.41, 5.74) is 5.38. The van der Waals surface area contributed by atoms with Crippen molar-refractivity contribution in [3.63, 3.8) is 0 Å². The molecular formula is C20H27N5O7. The number of ether oxygens (including phenoxy) is 5. The second-order valence-electron chi connectivity index (χ2n) is 8.02. The van der Waals surface area contributed by atoms with Gasteiger partial charge in [0.25, 0.3) is 0 Å². The van der Waals surface area contributed by atoms with E-state index in [1.165, 1.54) is 27.3 Å². The van der Waals surface area contributed by atoms with E-state index in [2.05, 4.69) is 16.2 Å². The predicted molar refractivity (Wildman–Crippen MR) is 109 cm³/mol. The van der Waals surface area contributed by atoms with Crippen molar-refractivity contribution in [2.45, 2.75) is 56.9 Å². The fraction of sp³-hybridized carbons (Fsp3) is 0.600. The molecule has 0 spiro atoms. The maximum atomic E-state index is 12.1. The van der Waals surface area contributed by atoms with Crippen LogP contribution in [-0.2, 0) is 23.7 Å². The summed E-state index contributed by atoms with van der Waals surface area (Å²) >= 11 is 0. The van der Waals surface area contributed by atoms with E-state index in [0.29, 0.717) is 11.2 Å². The van der Waals surface area contributed by atoms with Gasteiger partial charge in [0.2, 0.25) is 5.60 Å². The molecule has 2 aromatic heterocycles. The number of nitrogens with two attached hydrogens (primary N) is 1. The lowest BCUT2D eigenvalue weighted by Gasteiger charge is -2.31. The van der Waals surface area contributed by atoms with Crippen LogP contribution in [0.2, 0.25) is 0 Å². The summed E-state index contributed by atoms with van der Waals surface area (Å²) in [7, 11) is 1.48. The first kappa shape index (κ1) is 23.7. The van der Waals surface area contributed by atoms with Crippen molar-refractivity contribution in [1.82, 2.24) is 14.6 Å². The molecule has 0 unspecified atom stereocenters. The Labute approximate surface area is 184 Å². The van der Waals surface area contributed by atoms with Crippen molar-refractivity contribution in [2.75, 3.05) is 26.1 Å². The quantitative estimate of drug-likeness (QED) is 0.441. The fourth-order valence-electron chi connectivity index (χ4n) is 3.54. The number of methoxy groups -OCH3 is 1. The standard InChI is InChI=1S/C20H27N5O7/c1-12(8-28-4)30-18(26)29-10-20(9-21)16(32-19(2,3)27)7-15(31-20)13-5-6-14-17(22)23-11-24-25(13)14/h5-6,11-12,15-16,27H,7-8,10H2,1-4H3,(H2,22,23,24)/t12-,15-,16+,20-/m1/s1. The molecule has 12 heteroatoms. The maximum Gasteiger partial charge on any atom is 0.508 e. The number of fused-ring (bicyclic) bond motifs is 1. The van der Waals surface area contributed by atoms with Gasteiger partial charge in [0.15, 0.2) is 11.6 Å². The van der Waals surface area contributed by atoms with Crippen LogP contribution in [-0.4, -0.2) is 69.8 Å². The molecular weight excluding hydrogens is 422 g/mol. The minimum Gasteiger partial charge on any atom is -0.430 e. The number of carbonyl (C=O) groups is 1. The number of nitrogen functional groups attached to an aromatic ring is 1. The van der Waals surface area contributed by atoms with Gasteiger partial charge in [-0.15, -0.1) is 0 Å². The third-order valence-electron chi connectivity index (χ3n) is 4.86. The first-order valence-electron chi connectivity index (χ1n) is 9.98. The number of aromatic nitrogens is 3. The van der Waals surface area contributed by atoms with Crippen LogP contribution in [0.25, 0.3) is 5.52 Å². The Morgan fingerprint density at radius 1 is 1.53 bits per heavy atom. The normalized spacial score (nSPS) is 24.2. The molecule has 32 heavy (non-hydrogen) atoms. The van der Waals surface area contributed by atoms with Gasteiger partial charge in [-0.05, 0) is 32.9 Å². The van der Waals surface area contributed by atoms with Gasteiger partial charge in [0.05, 0.1) is 12.3 Å². The number of hydrogen-bond acceptors (Lipinski definition) is 11.